The van der Waals surface area contributed by atoms with Crippen molar-refractivity contribution in [1.82, 2.24) is 10.3 Å². The number of aromatic nitrogens is 1. The van der Waals surface area contributed by atoms with Crippen LogP contribution >= 0.6 is 11.6 Å². The van der Waals surface area contributed by atoms with Crippen LogP contribution in [0.4, 0.5) is 5.69 Å². The largest absolute Gasteiger partial charge is 0.487 e. The van der Waals surface area contributed by atoms with Gasteiger partial charge in [0.25, 0.3) is 5.91 Å². The maximum atomic E-state index is 12.5. The molecule has 0 saturated carbocycles. The average molecular weight is 430 g/mol. The summed E-state index contributed by atoms with van der Waals surface area (Å²) in [7, 11) is 1.54. The number of anilines is 1. The van der Waals surface area contributed by atoms with Gasteiger partial charge in [-0.3, -0.25) is 14.4 Å². The van der Waals surface area contributed by atoms with E-state index in [9.17, 15) is 14.4 Å². The van der Waals surface area contributed by atoms with Gasteiger partial charge in [-0.2, -0.15) is 0 Å². The summed E-state index contributed by atoms with van der Waals surface area (Å²) in [6.07, 6.45) is 1.33. The number of amides is 2. The minimum Gasteiger partial charge on any atom is -0.487 e. The van der Waals surface area contributed by atoms with E-state index in [0.29, 0.717) is 34.0 Å². The lowest BCUT2D eigenvalue weighted by atomic mass is 10.1. The monoisotopic (exact) mass is 429 g/mol. The van der Waals surface area contributed by atoms with E-state index in [4.69, 9.17) is 21.1 Å². The molecule has 0 fully saturated rings. The van der Waals surface area contributed by atoms with E-state index in [1.165, 1.54) is 6.20 Å². The third kappa shape index (κ3) is 4.97. The Kier molecular flexibility index (Phi) is 7.05. The Hall–Kier alpha value is -3.36. The number of nitrogens with one attached hydrogen (secondary N) is 3. The summed E-state index contributed by atoms with van der Waals surface area (Å²) < 4.78 is 10.5. The van der Waals surface area contributed by atoms with Crippen molar-refractivity contribution in [3.8, 4) is 5.75 Å². The highest BCUT2D eigenvalue weighted by Gasteiger charge is 2.15. The second-order valence-corrected chi connectivity index (χ2v) is 6.67. The SMILES string of the molecule is COCCOc1c(Cl)cccc1NC(=O)CNC(=O)c1c[nH]c2ccccc2c1=O. The first-order valence-electron chi connectivity index (χ1n) is 9.10. The molecule has 0 unspecified atom stereocenters. The molecule has 1 heterocycles. The lowest BCUT2D eigenvalue weighted by Crippen LogP contribution is -2.35. The van der Waals surface area contributed by atoms with Gasteiger partial charge < -0.3 is 25.1 Å². The Morgan fingerprint density at radius 1 is 1.10 bits per heavy atom. The second-order valence-electron chi connectivity index (χ2n) is 6.27. The maximum Gasteiger partial charge on any atom is 0.257 e. The van der Waals surface area contributed by atoms with Crippen molar-refractivity contribution in [2.45, 2.75) is 0 Å². The van der Waals surface area contributed by atoms with E-state index >= 15 is 0 Å². The molecule has 1 aromatic heterocycles. The van der Waals surface area contributed by atoms with Crippen molar-refractivity contribution >= 4 is 40.0 Å². The highest BCUT2D eigenvalue weighted by molar-refractivity contribution is 6.32. The standard InChI is InChI=1S/C21H20ClN3O5/c1-29-9-10-30-20-15(22)6-4-8-17(20)25-18(26)12-24-21(28)14-11-23-16-7-3-2-5-13(16)19(14)27/h2-8,11H,9-10,12H2,1H3,(H,23,27)(H,24,28)(H,25,26). The Labute approximate surface area is 177 Å². The molecule has 0 aliphatic carbocycles. The maximum absolute atomic E-state index is 12.5. The molecule has 2 amide bonds. The molecule has 0 aliphatic rings. The fourth-order valence-electron chi connectivity index (χ4n) is 2.77. The Morgan fingerprint density at radius 3 is 2.70 bits per heavy atom. The summed E-state index contributed by atoms with van der Waals surface area (Å²) in [6, 6.07) is 11.8. The third-order valence-electron chi connectivity index (χ3n) is 4.22. The number of aromatic amines is 1. The number of H-pyrrole nitrogens is 1. The summed E-state index contributed by atoms with van der Waals surface area (Å²) in [6.45, 7) is 0.272. The van der Waals surface area contributed by atoms with Crippen LogP contribution in [0, 0.1) is 0 Å². The van der Waals surface area contributed by atoms with Crippen molar-refractivity contribution in [1.29, 1.82) is 0 Å². The smallest absolute Gasteiger partial charge is 0.257 e. The number of benzene rings is 2. The molecular weight excluding hydrogens is 410 g/mol. The minimum absolute atomic E-state index is 0.0761. The number of hydrogen-bond acceptors (Lipinski definition) is 5. The van der Waals surface area contributed by atoms with Crippen LogP contribution in [0.5, 0.6) is 5.75 Å². The van der Waals surface area contributed by atoms with Crippen LogP contribution in [-0.2, 0) is 9.53 Å². The van der Waals surface area contributed by atoms with Crippen LogP contribution in [0.1, 0.15) is 10.4 Å². The number of carbonyl (C=O) groups is 2. The highest BCUT2D eigenvalue weighted by Crippen LogP contribution is 2.32. The molecule has 0 spiro atoms. The van der Waals surface area contributed by atoms with E-state index in [0.717, 1.165) is 0 Å². The number of methoxy groups -OCH3 is 1. The fraction of sp³-hybridized carbons (Fsp3) is 0.190. The van der Waals surface area contributed by atoms with Crippen LogP contribution < -0.4 is 20.8 Å². The zero-order chi connectivity index (χ0) is 21.5. The molecule has 0 saturated heterocycles. The molecule has 0 radical (unpaired) electrons. The predicted molar refractivity (Wildman–Crippen MR) is 114 cm³/mol. The first-order valence-corrected chi connectivity index (χ1v) is 9.47. The van der Waals surface area contributed by atoms with E-state index < -0.39 is 17.2 Å². The van der Waals surface area contributed by atoms with Gasteiger partial charge in [-0.05, 0) is 24.3 Å². The topological polar surface area (TPSA) is 110 Å². The summed E-state index contributed by atoms with van der Waals surface area (Å²) >= 11 is 6.14. The number of halogens is 1. The molecule has 3 rings (SSSR count). The van der Waals surface area contributed by atoms with E-state index in [1.807, 2.05) is 0 Å². The van der Waals surface area contributed by atoms with Gasteiger partial charge in [0.15, 0.2) is 5.75 Å². The summed E-state index contributed by atoms with van der Waals surface area (Å²) in [4.78, 5) is 40.1. The van der Waals surface area contributed by atoms with Gasteiger partial charge >= 0.3 is 0 Å². The van der Waals surface area contributed by atoms with Gasteiger partial charge in [-0.15, -0.1) is 0 Å². The van der Waals surface area contributed by atoms with Crippen LogP contribution in [-0.4, -0.2) is 43.7 Å². The molecule has 0 aliphatic heterocycles. The van der Waals surface area contributed by atoms with Gasteiger partial charge in [0, 0.05) is 24.2 Å². The van der Waals surface area contributed by atoms with Crippen molar-refractivity contribution in [2.75, 3.05) is 32.2 Å². The predicted octanol–water partition coefficient (Wildman–Crippen LogP) is 2.58. The van der Waals surface area contributed by atoms with Gasteiger partial charge in [-0.1, -0.05) is 29.8 Å². The van der Waals surface area contributed by atoms with Crippen molar-refractivity contribution in [3.05, 3.63) is 69.5 Å². The molecule has 8 nitrogen and oxygen atoms in total. The summed E-state index contributed by atoms with van der Waals surface area (Å²) in [5.41, 5.74) is 0.499. The molecule has 9 heteroatoms. The number of fused-ring (bicyclic) bond motifs is 1. The Morgan fingerprint density at radius 2 is 1.90 bits per heavy atom. The number of ether oxygens (including phenoxy) is 2. The van der Waals surface area contributed by atoms with Gasteiger partial charge in [0.05, 0.1) is 23.9 Å². The van der Waals surface area contributed by atoms with E-state index in [1.54, 1.807) is 49.6 Å². The first-order chi connectivity index (χ1) is 14.5. The zero-order valence-corrected chi connectivity index (χ0v) is 16.9. The van der Waals surface area contributed by atoms with Crippen LogP contribution in [0.15, 0.2) is 53.5 Å². The molecule has 156 valence electrons. The first kappa shape index (κ1) is 21.4. The van der Waals surface area contributed by atoms with E-state index in [2.05, 4.69) is 15.6 Å². The van der Waals surface area contributed by atoms with Gasteiger partial charge in [-0.25, -0.2) is 0 Å². The lowest BCUT2D eigenvalue weighted by Gasteiger charge is -2.14. The Bertz CT molecular complexity index is 1130. The van der Waals surface area contributed by atoms with Crippen LogP contribution in [0.25, 0.3) is 10.9 Å². The number of para-hydroxylation sites is 2. The zero-order valence-electron chi connectivity index (χ0n) is 16.2. The van der Waals surface area contributed by atoms with Crippen molar-refractivity contribution < 1.29 is 19.1 Å². The normalized spacial score (nSPS) is 10.6. The number of carbonyl (C=O) groups excluding carboxylic acids is 2. The molecule has 0 bridgehead atoms. The van der Waals surface area contributed by atoms with Crippen LogP contribution in [0.3, 0.4) is 0 Å². The quantitative estimate of drug-likeness (QED) is 0.477. The molecule has 0 atom stereocenters. The summed E-state index contributed by atoms with van der Waals surface area (Å²) in [5.74, 6) is -0.846. The third-order valence-corrected chi connectivity index (χ3v) is 4.52. The van der Waals surface area contributed by atoms with Gasteiger partial charge in [0.2, 0.25) is 11.3 Å². The summed E-state index contributed by atoms with van der Waals surface area (Å²) in [5, 5.41) is 5.81. The Balaban J connectivity index is 1.65. The molecule has 30 heavy (non-hydrogen) atoms. The van der Waals surface area contributed by atoms with Gasteiger partial charge in [0.1, 0.15) is 12.2 Å². The van der Waals surface area contributed by atoms with Crippen LogP contribution in [0.2, 0.25) is 5.02 Å². The van der Waals surface area contributed by atoms with E-state index in [-0.39, 0.29) is 18.7 Å². The number of rotatable bonds is 8. The highest BCUT2D eigenvalue weighted by atomic mass is 35.5. The minimum atomic E-state index is -0.653. The molecular formula is C21H20ClN3O5. The number of hydrogen-bond donors (Lipinski definition) is 3. The fourth-order valence-corrected chi connectivity index (χ4v) is 3.00. The second kappa shape index (κ2) is 9.91. The van der Waals surface area contributed by atoms with Crippen molar-refractivity contribution in [2.24, 2.45) is 0 Å². The molecule has 3 N–H and O–H groups in total. The molecule has 2 aromatic carbocycles. The molecule has 3 aromatic rings. The average Bonchev–Trinajstić information content (AvgIpc) is 2.74. The lowest BCUT2D eigenvalue weighted by molar-refractivity contribution is -0.115. The van der Waals surface area contributed by atoms with Crippen molar-refractivity contribution in [3.63, 3.8) is 0 Å². The number of pyridine rings is 1.